The number of fused-ring (bicyclic) bond motifs is 6. The van der Waals surface area contributed by atoms with Crippen molar-refractivity contribution in [1.29, 1.82) is 0 Å². The topological polar surface area (TPSA) is 35.9 Å². The minimum Gasteiger partial charge on any atom is -0.454 e. The number of furan rings is 1. The molecule has 0 amide bonds. The van der Waals surface area contributed by atoms with Gasteiger partial charge in [-0.25, -0.2) is 4.98 Å². The third kappa shape index (κ3) is 2.21. The van der Waals surface area contributed by atoms with Crippen molar-refractivity contribution in [3.8, 4) is 11.4 Å². The lowest BCUT2D eigenvalue weighted by Gasteiger charge is -2.09. The van der Waals surface area contributed by atoms with Gasteiger partial charge in [0.25, 0.3) is 0 Å². The summed E-state index contributed by atoms with van der Waals surface area (Å²) in [6, 6.07) is 33.3. The smallest absolute Gasteiger partial charge is 0.161 e. The predicted molar refractivity (Wildman–Crippen MR) is 125 cm³/mol. The summed E-state index contributed by atoms with van der Waals surface area (Å²) in [4.78, 5) is 4.84. The molecule has 0 saturated heterocycles. The van der Waals surface area contributed by atoms with Gasteiger partial charge in [-0.15, -0.1) is 0 Å². The van der Waals surface area contributed by atoms with E-state index in [1.807, 2.05) is 36.7 Å². The van der Waals surface area contributed by atoms with E-state index in [9.17, 15) is 0 Å². The molecule has 3 heterocycles. The molecule has 0 radical (unpaired) electrons. The molecule has 4 heteroatoms. The van der Waals surface area contributed by atoms with Gasteiger partial charge in [0.15, 0.2) is 5.58 Å². The average Bonchev–Trinajstić information content (AvgIpc) is 3.51. The van der Waals surface area contributed by atoms with E-state index < -0.39 is 0 Å². The summed E-state index contributed by atoms with van der Waals surface area (Å²) in [5.41, 5.74) is 8.18. The normalized spacial score (nSPS) is 11.9. The van der Waals surface area contributed by atoms with Crippen LogP contribution in [0.5, 0.6) is 0 Å². The SMILES string of the molecule is c1ccc(-n2cnc3c(-n4c5ccccc5c5oc6ccccc6c54)cccc32)cc1. The Morgan fingerprint density at radius 1 is 0.645 bits per heavy atom. The Hall–Kier alpha value is -4.31. The van der Waals surface area contributed by atoms with Crippen molar-refractivity contribution in [2.45, 2.75) is 0 Å². The van der Waals surface area contributed by atoms with Gasteiger partial charge in [-0.1, -0.05) is 48.5 Å². The maximum absolute atomic E-state index is 6.31. The molecule has 0 saturated carbocycles. The third-order valence-corrected chi connectivity index (χ3v) is 6.01. The molecule has 0 N–H and O–H groups in total. The summed E-state index contributed by atoms with van der Waals surface area (Å²) in [6.45, 7) is 0. The highest BCUT2D eigenvalue weighted by atomic mass is 16.3. The monoisotopic (exact) mass is 399 g/mol. The Morgan fingerprint density at radius 2 is 1.39 bits per heavy atom. The molecule has 0 unspecified atom stereocenters. The molecule has 4 nitrogen and oxygen atoms in total. The summed E-state index contributed by atoms with van der Waals surface area (Å²) >= 11 is 0. The van der Waals surface area contributed by atoms with Gasteiger partial charge in [-0.2, -0.15) is 0 Å². The second-order valence-corrected chi connectivity index (χ2v) is 7.72. The lowest BCUT2D eigenvalue weighted by molar-refractivity contribution is 0.673. The van der Waals surface area contributed by atoms with Crippen molar-refractivity contribution in [2.24, 2.45) is 0 Å². The zero-order valence-electron chi connectivity index (χ0n) is 16.6. The Bertz CT molecular complexity index is 1730. The van der Waals surface area contributed by atoms with Crippen LogP contribution in [0.3, 0.4) is 0 Å². The minimum atomic E-state index is 0.897. The van der Waals surface area contributed by atoms with E-state index in [1.165, 1.54) is 0 Å². The predicted octanol–water partition coefficient (Wildman–Crippen LogP) is 6.87. The van der Waals surface area contributed by atoms with E-state index in [-0.39, 0.29) is 0 Å². The van der Waals surface area contributed by atoms with Crippen molar-refractivity contribution < 1.29 is 4.42 Å². The first-order valence-electron chi connectivity index (χ1n) is 10.3. The molecule has 0 aliphatic heterocycles. The van der Waals surface area contributed by atoms with Crippen LogP contribution in [0.2, 0.25) is 0 Å². The molecular formula is C27H17N3O. The van der Waals surface area contributed by atoms with Crippen molar-refractivity contribution in [3.05, 3.63) is 103 Å². The Labute approximate surface area is 177 Å². The Kier molecular flexibility index (Phi) is 3.24. The largest absolute Gasteiger partial charge is 0.454 e. The van der Waals surface area contributed by atoms with E-state index in [0.717, 1.165) is 55.4 Å². The van der Waals surface area contributed by atoms with E-state index in [2.05, 4.69) is 75.9 Å². The number of hydrogen-bond donors (Lipinski definition) is 0. The fraction of sp³-hybridized carbons (Fsp3) is 0. The first kappa shape index (κ1) is 16.5. The van der Waals surface area contributed by atoms with Crippen LogP contribution in [0.15, 0.2) is 108 Å². The molecule has 3 aromatic heterocycles. The quantitative estimate of drug-likeness (QED) is 0.318. The minimum absolute atomic E-state index is 0.897. The molecule has 7 rings (SSSR count). The first-order valence-corrected chi connectivity index (χ1v) is 10.3. The third-order valence-electron chi connectivity index (χ3n) is 6.01. The zero-order valence-corrected chi connectivity index (χ0v) is 16.6. The van der Waals surface area contributed by atoms with E-state index in [0.29, 0.717) is 0 Å². The fourth-order valence-electron chi connectivity index (χ4n) is 4.67. The second kappa shape index (κ2) is 6.09. The molecule has 0 spiro atoms. The molecule has 0 aliphatic carbocycles. The molecule has 0 bridgehead atoms. The van der Waals surface area contributed by atoms with E-state index in [4.69, 9.17) is 9.40 Å². The molecule has 146 valence electrons. The highest BCUT2D eigenvalue weighted by molar-refractivity contribution is 6.17. The summed E-state index contributed by atoms with van der Waals surface area (Å²) in [7, 11) is 0. The summed E-state index contributed by atoms with van der Waals surface area (Å²) in [6.07, 6.45) is 1.90. The van der Waals surface area contributed by atoms with Crippen LogP contribution in [-0.4, -0.2) is 14.1 Å². The number of rotatable bonds is 2. The van der Waals surface area contributed by atoms with Gasteiger partial charge >= 0.3 is 0 Å². The molecule has 31 heavy (non-hydrogen) atoms. The van der Waals surface area contributed by atoms with Crippen LogP contribution in [0.25, 0.3) is 55.4 Å². The lowest BCUT2D eigenvalue weighted by Crippen LogP contribution is -1.96. The van der Waals surface area contributed by atoms with Gasteiger partial charge in [0.2, 0.25) is 0 Å². The van der Waals surface area contributed by atoms with Gasteiger partial charge < -0.3 is 8.98 Å². The van der Waals surface area contributed by atoms with Crippen molar-refractivity contribution >= 4 is 44.0 Å². The van der Waals surface area contributed by atoms with Gasteiger partial charge in [0, 0.05) is 16.5 Å². The number of nitrogens with zero attached hydrogens (tertiary/aromatic N) is 3. The molecule has 0 aliphatic rings. The summed E-state index contributed by atoms with van der Waals surface area (Å²) in [5.74, 6) is 0. The Morgan fingerprint density at radius 3 is 2.29 bits per heavy atom. The van der Waals surface area contributed by atoms with Gasteiger partial charge in [0.1, 0.15) is 22.9 Å². The average molecular weight is 399 g/mol. The number of hydrogen-bond acceptors (Lipinski definition) is 2. The number of imidazole rings is 1. The molecule has 0 fully saturated rings. The summed E-state index contributed by atoms with van der Waals surface area (Å²) < 4.78 is 10.7. The molecule has 4 aromatic carbocycles. The van der Waals surface area contributed by atoms with Crippen LogP contribution in [0.4, 0.5) is 0 Å². The fourth-order valence-corrected chi connectivity index (χ4v) is 4.67. The van der Waals surface area contributed by atoms with Crippen molar-refractivity contribution in [3.63, 3.8) is 0 Å². The van der Waals surface area contributed by atoms with Crippen LogP contribution in [0.1, 0.15) is 0 Å². The van der Waals surface area contributed by atoms with Gasteiger partial charge in [-0.3, -0.25) is 4.57 Å². The maximum Gasteiger partial charge on any atom is 0.161 e. The first-order chi connectivity index (χ1) is 15.4. The lowest BCUT2D eigenvalue weighted by atomic mass is 10.2. The standard InChI is InChI=1S/C27H17N3O/c1-2-9-18(10-3-1)29-17-28-25-22(29)14-8-15-23(25)30-21-13-6-4-11-19(21)27-26(30)20-12-5-7-16-24(20)31-27/h1-17H. The van der Waals surface area contributed by atoms with Crippen LogP contribution >= 0.6 is 0 Å². The molecule has 7 aromatic rings. The second-order valence-electron chi connectivity index (χ2n) is 7.72. The zero-order chi connectivity index (χ0) is 20.4. The van der Waals surface area contributed by atoms with Crippen LogP contribution < -0.4 is 0 Å². The number of benzene rings is 4. The summed E-state index contributed by atoms with van der Waals surface area (Å²) in [5, 5.41) is 2.21. The Balaban J connectivity index is 1.63. The van der Waals surface area contributed by atoms with Gasteiger partial charge in [0.05, 0.1) is 16.7 Å². The van der Waals surface area contributed by atoms with Crippen molar-refractivity contribution in [1.82, 2.24) is 14.1 Å². The van der Waals surface area contributed by atoms with Crippen LogP contribution in [0, 0.1) is 0 Å². The highest BCUT2D eigenvalue weighted by Crippen LogP contribution is 2.39. The van der Waals surface area contributed by atoms with E-state index in [1.54, 1.807) is 0 Å². The number of para-hydroxylation sites is 4. The van der Waals surface area contributed by atoms with Crippen molar-refractivity contribution in [2.75, 3.05) is 0 Å². The molecule has 0 atom stereocenters. The van der Waals surface area contributed by atoms with Crippen LogP contribution in [-0.2, 0) is 0 Å². The van der Waals surface area contributed by atoms with E-state index >= 15 is 0 Å². The maximum atomic E-state index is 6.31. The number of aromatic nitrogens is 3. The molecular weight excluding hydrogens is 382 g/mol. The van der Waals surface area contributed by atoms with Gasteiger partial charge in [-0.05, 0) is 48.5 Å². The highest BCUT2D eigenvalue weighted by Gasteiger charge is 2.21.